The molecule has 3 heterocycles. The molecular weight excluding hydrogens is 212 g/mol. The van der Waals surface area contributed by atoms with Gasteiger partial charge in [-0.15, -0.1) is 0 Å². The lowest BCUT2D eigenvalue weighted by molar-refractivity contribution is -0.0289. The summed E-state index contributed by atoms with van der Waals surface area (Å²) >= 11 is 0. The molecule has 98 valence electrons. The average Bonchev–Trinajstić information content (AvgIpc) is 2.74. The molecule has 0 aliphatic carbocycles. The Labute approximate surface area is 105 Å². The highest BCUT2D eigenvalue weighted by atomic mass is 16.5. The normalized spacial score (nSPS) is 41.6. The molecule has 3 fully saturated rings. The Bertz CT molecular complexity index is 279. The van der Waals surface area contributed by atoms with Gasteiger partial charge >= 0.3 is 0 Å². The van der Waals surface area contributed by atoms with Crippen LogP contribution in [0.5, 0.6) is 0 Å². The van der Waals surface area contributed by atoms with Crippen molar-refractivity contribution in [3.8, 4) is 0 Å². The van der Waals surface area contributed by atoms with Crippen LogP contribution in [0.15, 0.2) is 0 Å². The van der Waals surface area contributed by atoms with Gasteiger partial charge in [-0.25, -0.2) is 0 Å². The van der Waals surface area contributed by atoms with Gasteiger partial charge in [0, 0.05) is 25.2 Å². The molecule has 3 rings (SSSR count). The summed E-state index contributed by atoms with van der Waals surface area (Å²) in [5.74, 6) is 0. The molecule has 3 unspecified atom stereocenters. The molecule has 3 heteroatoms. The second-order valence-corrected chi connectivity index (χ2v) is 6.72. The minimum Gasteiger partial charge on any atom is -0.371 e. The van der Waals surface area contributed by atoms with E-state index in [-0.39, 0.29) is 5.60 Å². The fraction of sp³-hybridized carbons (Fsp3) is 1.00. The molecule has 0 amide bonds. The molecule has 0 radical (unpaired) electrons. The Morgan fingerprint density at radius 1 is 1.18 bits per heavy atom. The fourth-order valence-electron chi connectivity index (χ4n) is 3.68. The van der Waals surface area contributed by atoms with Crippen molar-refractivity contribution >= 4 is 0 Å². The molecule has 0 spiro atoms. The van der Waals surface area contributed by atoms with E-state index in [1.807, 2.05) is 0 Å². The number of nitrogens with zero attached hydrogens (tertiary/aromatic N) is 1. The summed E-state index contributed by atoms with van der Waals surface area (Å²) in [6.45, 7) is 8.08. The number of ether oxygens (including phenoxy) is 1. The Morgan fingerprint density at radius 2 is 2.00 bits per heavy atom. The van der Waals surface area contributed by atoms with E-state index in [4.69, 9.17) is 4.74 Å². The maximum absolute atomic E-state index is 6.11. The van der Waals surface area contributed by atoms with Gasteiger partial charge in [-0.05, 0) is 52.5 Å². The van der Waals surface area contributed by atoms with E-state index in [1.165, 1.54) is 45.2 Å². The highest BCUT2D eigenvalue weighted by molar-refractivity contribution is 4.91. The highest BCUT2D eigenvalue weighted by Gasteiger charge is 2.35. The highest BCUT2D eigenvalue weighted by Crippen LogP contribution is 2.30. The molecule has 3 nitrogen and oxygen atoms in total. The molecule has 3 aliphatic rings. The zero-order valence-corrected chi connectivity index (χ0v) is 11.2. The van der Waals surface area contributed by atoms with E-state index in [1.54, 1.807) is 0 Å². The standard InChI is InChI=1S/C14H26N2O/c1-14(2)7-5-13(17-14)10-16-8-6-11-3-4-12(9-16)15-11/h11-13,15H,3-10H2,1-2H3. The summed E-state index contributed by atoms with van der Waals surface area (Å²) in [4.78, 5) is 2.63. The molecule has 0 saturated carbocycles. The second kappa shape index (κ2) is 4.52. The van der Waals surface area contributed by atoms with Gasteiger partial charge in [-0.3, -0.25) is 4.90 Å². The maximum Gasteiger partial charge on any atom is 0.0710 e. The number of rotatable bonds is 2. The third-order valence-electron chi connectivity index (χ3n) is 4.62. The molecule has 0 aromatic heterocycles. The predicted octanol–water partition coefficient (Wildman–Crippen LogP) is 1.77. The summed E-state index contributed by atoms with van der Waals surface area (Å²) in [7, 11) is 0. The second-order valence-electron chi connectivity index (χ2n) is 6.72. The molecule has 17 heavy (non-hydrogen) atoms. The molecule has 3 aliphatic heterocycles. The van der Waals surface area contributed by atoms with Crippen LogP contribution >= 0.6 is 0 Å². The van der Waals surface area contributed by atoms with Crippen LogP contribution < -0.4 is 5.32 Å². The first kappa shape index (κ1) is 11.9. The van der Waals surface area contributed by atoms with E-state index >= 15 is 0 Å². The van der Waals surface area contributed by atoms with Crippen molar-refractivity contribution < 1.29 is 4.74 Å². The zero-order valence-electron chi connectivity index (χ0n) is 11.2. The van der Waals surface area contributed by atoms with E-state index in [2.05, 4.69) is 24.1 Å². The lowest BCUT2D eigenvalue weighted by Gasteiger charge is -2.28. The van der Waals surface area contributed by atoms with Crippen LogP contribution in [0.3, 0.4) is 0 Å². The minimum absolute atomic E-state index is 0.119. The van der Waals surface area contributed by atoms with Crippen LogP contribution in [-0.4, -0.2) is 48.3 Å². The lowest BCUT2D eigenvalue weighted by Crippen LogP contribution is -2.39. The van der Waals surface area contributed by atoms with Gasteiger partial charge in [0.25, 0.3) is 0 Å². The molecule has 0 aromatic rings. The third-order valence-corrected chi connectivity index (χ3v) is 4.62. The van der Waals surface area contributed by atoms with Crippen molar-refractivity contribution in [2.75, 3.05) is 19.6 Å². The van der Waals surface area contributed by atoms with Crippen LogP contribution in [0.1, 0.15) is 46.0 Å². The summed E-state index contributed by atoms with van der Waals surface area (Å²) in [5, 5.41) is 3.74. The Hall–Kier alpha value is -0.120. The Balaban J connectivity index is 1.52. The number of hydrogen-bond acceptors (Lipinski definition) is 3. The van der Waals surface area contributed by atoms with Gasteiger partial charge in [0.2, 0.25) is 0 Å². The van der Waals surface area contributed by atoms with Crippen LogP contribution in [0.2, 0.25) is 0 Å². The van der Waals surface area contributed by atoms with Crippen molar-refractivity contribution in [3.63, 3.8) is 0 Å². The van der Waals surface area contributed by atoms with Crippen LogP contribution in [0.4, 0.5) is 0 Å². The van der Waals surface area contributed by atoms with Crippen molar-refractivity contribution in [2.45, 2.75) is 69.7 Å². The van der Waals surface area contributed by atoms with Gasteiger partial charge in [0.1, 0.15) is 0 Å². The molecule has 1 N–H and O–H groups in total. The number of likely N-dealkylation sites (tertiary alicyclic amines) is 1. The Kier molecular flexibility index (Phi) is 3.18. The lowest BCUT2D eigenvalue weighted by atomic mass is 10.0. The number of hydrogen-bond donors (Lipinski definition) is 1. The maximum atomic E-state index is 6.11. The fourth-order valence-corrected chi connectivity index (χ4v) is 3.68. The topological polar surface area (TPSA) is 24.5 Å². The summed E-state index contributed by atoms with van der Waals surface area (Å²) in [5.41, 5.74) is 0.119. The molecule has 3 saturated heterocycles. The van der Waals surface area contributed by atoms with E-state index in [9.17, 15) is 0 Å². The van der Waals surface area contributed by atoms with Gasteiger partial charge < -0.3 is 10.1 Å². The molecule has 3 atom stereocenters. The van der Waals surface area contributed by atoms with Gasteiger partial charge in [0.05, 0.1) is 11.7 Å². The first-order valence-corrected chi connectivity index (χ1v) is 7.27. The summed E-state index contributed by atoms with van der Waals surface area (Å²) in [6.07, 6.45) is 7.03. The van der Waals surface area contributed by atoms with Crippen molar-refractivity contribution in [2.24, 2.45) is 0 Å². The zero-order chi connectivity index (χ0) is 11.9. The molecule has 2 bridgehead atoms. The largest absolute Gasteiger partial charge is 0.371 e. The smallest absolute Gasteiger partial charge is 0.0710 e. The quantitative estimate of drug-likeness (QED) is 0.793. The number of fused-ring (bicyclic) bond motifs is 2. The first-order valence-electron chi connectivity index (χ1n) is 7.27. The minimum atomic E-state index is 0.119. The SMILES string of the molecule is CC1(C)CCC(CN2CCC3CCC(C2)N3)O1. The van der Waals surface area contributed by atoms with E-state index in [0.29, 0.717) is 6.10 Å². The summed E-state index contributed by atoms with van der Waals surface area (Å²) < 4.78 is 6.11. The molecular formula is C14H26N2O. The van der Waals surface area contributed by atoms with E-state index in [0.717, 1.165) is 18.6 Å². The summed E-state index contributed by atoms with van der Waals surface area (Å²) in [6, 6.07) is 1.54. The van der Waals surface area contributed by atoms with Crippen LogP contribution in [0.25, 0.3) is 0 Å². The van der Waals surface area contributed by atoms with Crippen LogP contribution in [-0.2, 0) is 4.74 Å². The Morgan fingerprint density at radius 3 is 2.76 bits per heavy atom. The van der Waals surface area contributed by atoms with Crippen LogP contribution in [0, 0.1) is 0 Å². The first-order chi connectivity index (χ1) is 8.11. The molecule has 0 aromatic carbocycles. The average molecular weight is 238 g/mol. The third kappa shape index (κ3) is 2.83. The van der Waals surface area contributed by atoms with Crippen molar-refractivity contribution in [3.05, 3.63) is 0 Å². The monoisotopic (exact) mass is 238 g/mol. The van der Waals surface area contributed by atoms with Crippen molar-refractivity contribution in [1.82, 2.24) is 10.2 Å². The predicted molar refractivity (Wildman–Crippen MR) is 69.2 cm³/mol. The number of nitrogens with one attached hydrogen (secondary N) is 1. The van der Waals surface area contributed by atoms with Crippen molar-refractivity contribution in [1.29, 1.82) is 0 Å². The van der Waals surface area contributed by atoms with Gasteiger partial charge in [0.15, 0.2) is 0 Å². The van der Waals surface area contributed by atoms with Gasteiger partial charge in [-0.2, -0.15) is 0 Å². The van der Waals surface area contributed by atoms with Gasteiger partial charge in [-0.1, -0.05) is 0 Å². The van der Waals surface area contributed by atoms with E-state index < -0.39 is 0 Å².